The van der Waals surface area contributed by atoms with Gasteiger partial charge in [-0.15, -0.1) is 0 Å². The number of nitrogen functional groups attached to an aromatic ring is 1. The van der Waals surface area contributed by atoms with Crippen LogP contribution in [-0.4, -0.2) is 17.5 Å². The van der Waals surface area contributed by atoms with Crippen LogP contribution in [0.25, 0.3) is 0 Å². The first-order valence-electron chi connectivity index (χ1n) is 6.25. The average Bonchev–Trinajstić information content (AvgIpc) is 2.26. The quantitative estimate of drug-likeness (QED) is 0.745. The molecule has 1 atom stereocenters. The standard InChI is InChI=1S/C14H24N2/c1-4-7-12(3)16(5-2)11-13-8-6-9-14(15)10-13/h6,8-10,12H,4-5,7,11,15H2,1-3H3. The molecule has 2 N–H and O–H groups in total. The van der Waals surface area contributed by atoms with Gasteiger partial charge in [-0.05, 0) is 37.6 Å². The molecule has 90 valence electrons. The summed E-state index contributed by atoms with van der Waals surface area (Å²) in [5.41, 5.74) is 7.96. The Morgan fingerprint density at radius 1 is 1.31 bits per heavy atom. The van der Waals surface area contributed by atoms with Gasteiger partial charge in [-0.2, -0.15) is 0 Å². The first-order chi connectivity index (χ1) is 7.67. The van der Waals surface area contributed by atoms with Gasteiger partial charge in [0.05, 0.1) is 0 Å². The van der Waals surface area contributed by atoms with Crippen molar-refractivity contribution in [3.8, 4) is 0 Å². The Hall–Kier alpha value is -1.02. The Morgan fingerprint density at radius 2 is 2.06 bits per heavy atom. The van der Waals surface area contributed by atoms with E-state index < -0.39 is 0 Å². The van der Waals surface area contributed by atoms with E-state index in [1.807, 2.05) is 12.1 Å². The van der Waals surface area contributed by atoms with Crippen LogP contribution in [0.1, 0.15) is 39.2 Å². The second-order valence-electron chi connectivity index (χ2n) is 4.45. The molecule has 0 bridgehead atoms. The summed E-state index contributed by atoms with van der Waals surface area (Å²) in [5.74, 6) is 0. The van der Waals surface area contributed by atoms with Crippen molar-refractivity contribution in [2.75, 3.05) is 12.3 Å². The third-order valence-electron chi connectivity index (χ3n) is 3.07. The highest BCUT2D eigenvalue weighted by Crippen LogP contribution is 2.13. The Balaban J connectivity index is 2.62. The summed E-state index contributed by atoms with van der Waals surface area (Å²) in [6.07, 6.45) is 2.50. The van der Waals surface area contributed by atoms with Crippen molar-refractivity contribution in [1.82, 2.24) is 4.90 Å². The third kappa shape index (κ3) is 3.86. The molecule has 16 heavy (non-hydrogen) atoms. The maximum absolute atomic E-state index is 5.79. The average molecular weight is 220 g/mol. The smallest absolute Gasteiger partial charge is 0.0317 e. The van der Waals surface area contributed by atoms with Crippen LogP contribution in [-0.2, 0) is 6.54 Å². The minimum absolute atomic E-state index is 0.649. The Bertz CT molecular complexity index is 309. The van der Waals surface area contributed by atoms with Gasteiger partial charge >= 0.3 is 0 Å². The first-order valence-corrected chi connectivity index (χ1v) is 6.25. The molecule has 2 nitrogen and oxygen atoms in total. The number of anilines is 1. The van der Waals surface area contributed by atoms with E-state index in [-0.39, 0.29) is 0 Å². The van der Waals surface area contributed by atoms with Gasteiger partial charge in [0.1, 0.15) is 0 Å². The molecule has 1 aromatic carbocycles. The molecule has 1 unspecified atom stereocenters. The highest BCUT2D eigenvalue weighted by molar-refractivity contribution is 5.40. The second kappa shape index (κ2) is 6.54. The van der Waals surface area contributed by atoms with Crippen LogP contribution in [0.3, 0.4) is 0 Å². The molecule has 1 aromatic rings. The van der Waals surface area contributed by atoms with Gasteiger partial charge in [-0.3, -0.25) is 4.90 Å². The zero-order chi connectivity index (χ0) is 12.0. The summed E-state index contributed by atoms with van der Waals surface area (Å²) in [6, 6.07) is 8.84. The number of nitrogens with two attached hydrogens (primary N) is 1. The Morgan fingerprint density at radius 3 is 2.62 bits per heavy atom. The fraction of sp³-hybridized carbons (Fsp3) is 0.571. The van der Waals surface area contributed by atoms with Crippen LogP contribution >= 0.6 is 0 Å². The molecule has 0 aromatic heterocycles. The molecule has 2 heteroatoms. The van der Waals surface area contributed by atoms with Crippen molar-refractivity contribution in [3.05, 3.63) is 29.8 Å². The van der Waals surface area contributed by atoms with E-state index in [9.17, 15) is 0 Å². The highest BCUT2D eigenvalue weighted by atomic mass is 15.1. The second-order valence-corrected chi connectivity index (χ2v) is 4.45. The van der Waals surface area contributed by atoms with Crippen LogP contribution in [0.5, 0.6) is 0 Å². The summed E-state index contributed by atoms with van der Waals surface area (Å²) in [7, 11) is 0. The fourth-order valence-corrected chi connectivity index (χ4v) is 2.11. The van der Waals surface area contributed by atoms with Crippen molar-refractivity contribution >= 4 is 5.69 Å². The number of hydrogen-bond acceptors (Lipinski definition) is 2. The molecule has 0 saturated carbocycles. The molecule has 0 spiro atoms. The topological polar surface area (TPSA) is 29.3 Å². The number of benzene rings is 1. The normalized spacial score (nSPS) is 13.0. The van der Waals surface area contributed by atoms with Gasteiger partial charge in [0.15, 0.2) is 0 Å². The van der Waals surface area contributed by atoms with E-state index in [2.05, 4.69) is 37.8 Å². The minimum Gasteiger partial charge on any atom is -0.399 e. The Kier molecular flexibility index (Phi) is 5.33. The highest BCUT2D eigenvalue weighted by Gasteiger charge is 2.11. The molecule has 0 heterocycles. The summed E-state index contributed by atoms with van der Waals surface area (Å²) >= 11 is 0. The van der Waals surface area contributed by atoms with Crippen LogP contribution in [0.2, 0.25) is 0 Å². The molecule has 0 aliphatic carbocycles. The van der Waals surface area contributed by atoms with Gasteiger partial charge in [0.2, 0.25) is 0 Å². The molecular weight excluding hydrogens is 196 g/mol. The van der Waals surface area contributed by atoms with Crippen LogP contribution in [0.4, 0.5) is 5.69 Å². The zero-order valence-corrected chi connectivity index (χ0v) is 10.7. The summed E-state index contributed by atoms with van der Waals surface area (Å²) in [4.78, 5) is 2.50. The van der Waals surface area contributed by atoms with Gasteiger partial charge in [-0.25, -0.2) is 0 Å². The molecule has 0 saturated heterocycles. The molecule has 0 radical (unpaired) electrons. The maximum Gasteiger partial charge on any atom is 0.0317 e. The van der Waals surface area contributed by atoms with Crippen molar-refractivity contribution < 1.29 is 0 Å². The lowest BCUT2D eigenvalue weighted by atomic mass is 10.1. The van der Waals surface area contributed by atoms with E-state index in [1.54, 1.807) is 0 Å². The van der Waals surface area contributed by atoms with Crippen LogP contribution in [0.15, 0.2) is 24.3 Å². The van der Waals surface area contributed by atoms with E-state index >= 15 is 0 Å². The zero-order valence-electron chi connectivity index (χ0n) is 10.7. The Labute approximate surface area is 99.5 Å². The molecule has 0 aliphatic rings. The van der Waals surface area contributed by atoms with Crippen molar-refractivity contribution in [1.29, 1.82) is 0 Å². The van der Waals surface area contributed by atoms with E-state index in [4.69, 9.17) is 5.73 Å². The predicted molar refractivity (Wildman–Crippen MR) is 71.3 cm³/mol. The number of nitrogens with zero attached hydrogens (tertiary/aromatic N) is 1. The third-order valence-corrected chi connectivity index (χ3v) is 3.07. The van der Waals surface area contributed by atoms with E-state index in [0.717, 1.165) is 18.8 Å². The molecule has 0 fully saturated rings. The van der Waals surface area contributed by atoms with Gasteiger partial charge in [-0.1, -0.05) is 32.4 Å². The first kappa shape index (κ1) is 13.0. The molecular formula is C14H24N2. The monoisotopic (exact) mass is 220 g/mol. The van der Waals surface area contributed by atoms with Gasteiger partial charge in [0.25, 0.3) is 0 Å². The molecule has 1 rings (SSSR count). The van der Waals surface area contributed by atoms with Gasteiger partial charge < -0.3 is 5.73 Å². The lowest BCUT2D eigenvalue weighted by molar-refractivity contribution is 0.200. The summed E-state index contributed by atoms with van der Waals surface area (Å²) < 4.78 is 0. The number of hydrogen-bond donors (Lipinski definition) is 1. The SMILES string of the molecule is CCCC(C)N(CC)Cc1cccc(N)c1. The molecule has 0 amide bonds. The largest absolute Gasteiger partial charge is 0.399 e. The lowest BCUT2D eigenvalue weighted by Gasteiger charge is -2.27. The van der Waals surface area contributed by atoms with Crippen molar-refractivity contribution in [2.45, 2.75) is 46.2 Å². The fourth-order valence-electron chi connectivity index (χ4n) is 2.11. The maximum atomic E-state index is 5.79. The van der Waals surface area contributed by atoms with Crippen LogP contribution < -0.4 is 5.73 Å². The predicted octanol–water partition coefficient (Wildman–Crippen LogP) is 3.28. The van der Waals surface area contributed by atoms with Crippen molar-refractivity contribution in [2.24, 2.45) is 0 Å². The minimum atomic E-state index is 0.649. The van der Waals surface area contributed by atoms with Crippen LogP contribution in [0, 0.1) is 0 Å². The lowest BCUT2D eigenvalue weighted by Crippen LogP contribution is -2.32. The molecule has 0 aliphatic heterocycles. The van der Waals surface area contributed by atoms with Crippen molar-refractivity contribution in [3.63, 3.8) is 0 Å². The summed E-state index contributed by atoms with van der Waals surface area (Å²) in [5, 5.41) is 0. The van der Waals surface area contributed by atoms with Gasteiger partial charge in [0, 0.05) is 18.3 Å². The van der Waals surface area contributed by atoms with E-state index in [1.165, 1.54) is 18.4 Å². The number of rotatable bonds is 6. The summed E-state index contributed by atoms with van der Waals surface area (Å²) in [6.45, 7) is 8.86. The van der Waals surface area contributed by atoms with E-state index in [0.29, 0.717) is 6.04 Å².